The quantitative estimate of drug-likeness (QED) is 0.771. The molecule has 130 valence electrons. The van der Waals surface area contributed by atoms with E-state index in [1.54, 1.807) is 18.3 Å². The van der Waals surface area contributed by atoms with E-state index in [1.165, 1.54) is 7.11 Å². The van der Waals surface area contributed by atoms with Gasteiger partial charge in [0.05, 0.1) is 25.0 Å². The van der Waals surface area contributed by atoms with Gasteiger partial charge >= 0.3 is 0 Å². The first-order valence-electron chi connectivity index (χ1n) is 8.06. The van der Waals surface area contributed by atoms with Crippen LogP contribution in [0.1, 0.15) is 40.3 Å². The van der Waals surface area contributed by atoms with E-state index in [-0.39, 0.29) is 17.7 Å². The van der Waals surface area contributed by atoms with Crippen molar-refractivity contribution in [2.24, 2.45) is 0 Å². The maximum atomic E-state index is 12.3. The Morgan fingerprint density at radius 3 is 2.68 bits per heavy atom. The van der Waals surface area contributed by atoms with Gasteiger partial charge in [-0.05, 0) is 38.5 Å². The molecule has 1 amide bonds. The summed E-state index contributed by atoms with van der Waals surface area (Å²) in [7, 11) is 1.49. The van der Waals surface area contributed by atoms with Crippen LogP contribution in [0.25, 0.3) is 5.69 Å². The maximum Gasteiger partial charge on any atom is 0.287 e. The van der Waals surface area contributed by atoms with Gasteiger partial charge in [0.15, 0.2) is 5.76 Å². The summed E-state index contributed by atoms with van der Waals surface area (Å²) in [6.07, 6.45) is 1.79. The first-order chi connectivity index (χ1) is 12.0. The average molecular weight is 339 g/mol. The van der Waals surface area contributed by atoms with E-state index in [0.717, 1.165) is 22.5 Å². The molecular formula is C19H21N3O3. The molecule has 0 unspecified atom stereocenters. The van der Waals surface area contributed by atoms with E-state index in [1.807, 2.05) is 49.7 Å². The van der Waals surface area contributed by atoms with Crippen molar-refractivity contribution in [3.05, 3.63) is 65.2 Å². The lowest BCUT2D eigenvalue weighted by Gasteiger charge is -2.14. The van der Waals surface area contributed by atoms with Crippen LogP contribution >= 0.6 is 0 Å². The molecule has 0 bridgehead atoms. The molecule has 3 aromatic rings. The third-order valence-corrected chi connectivity index (χ3v) is 4.21. The number of benzene rings is 1. The SMILES string of the molecule is COc1ccc(C(=O)N[C@@H](C)c2cnn(-c3ccccc3C)c2C)o1. The van der Waals surface area contributed by atoms with Crippen molar-refractivity contribution in [2.75, 3.05) is 7.11 Å². The topological polar surface area (TPSA) is 69.3 Å². The number of para-hydroxylation sites is 1. The molecule has 0 aliphatic carbocycles. The van der Waals surface area contributed by atoms with Crippen LogP contribution in [0.3, 0.4) is 0 Å². The van der Waals surface area contributed by atoms with Gasteiger partial charge in [-0.25, -0.2) is 4.68 Å². The Bertz CT molecular complexity index is 895. The predicted octanol–water partition coefficient (Wildman–Crippen LogP) is 3.58. The van der Waals surface area contributed by atoms with Gasteiger partial charge in [-0.2, -0.15) is 5.10 Å². The molecular weight excluding hydrogens is 318 g/mol. The van der Waals surface area contributed by atoms with Crippen molar-refractivity contribution < 1.29 is 13.9 Å². The lowest BCUT2D eigenvalue weighted by atomic mass is 10.1. The summed E-state index contributed by atoms with van der Waals surface area (Å²) in [5.41, 5.74) is 4.11. The standard InChI is InChI=1S/C19H21N3O3/c1-12-7-5-6-8-16(12)22-14(3)15(11-20-22)13(2)21-19(23)17-9-10-18(24-4)25-17/h5-11,13H,1-4H3,(H,21,23)/t13-/m0/s1. The fourth-order valence-electron chi connectivity index (χ4n) is 2.79. The number of carbonyl (C=O) groups excluding carboxylic acids is 1. The second-order valence-corrected chi connectivity index (χ2v) is 5.90. The molecule has 0 aliphatic heterocycles. The largest absolute Gasteiger partial charge is 0.468 e. The van der Waals surface area contributed by atoms with E-state index >= 15 is 0 Å². The first kappa shape index (κ1) is 16.8. The number of hydrogen-bond donors (Lipinski definition) is 1. The number of nitrogens with zero attached hydrogens (tertiary/aromatic N) is 2. The fourth-order valence-corrected chi connectivity index (χ4v) is 2.79. The molecule has 2 aromatic heterocycles. The van der Waals surface area contributed by atoms with Crippen molar-refractivity contribution in [1.82, 2.24) is 15.1 Å². The molecule has 0 saturated heterocycles. The second-order valence-electron chi connectivity index (χ2n) is 5.90. The maximum absolute atomic E-state index is 12.3. The molecule has 6 nitrogen and oxygen atoms in total. The molecule has 6 heteroatoms. The zero-order valence-electron chi connectivity index (χ0n) is 14.7. The van der Waals surface area contributed by atoms with Crippen LogP contribution < -0.4 is 10.1 Å². The molecule has 0 fully saturated rings. The third kappa shape index (κ3) is 3.28. The number of ether oxygens (including phenoxy) is 1. The number of nitrogens with one attached hydrogen (secondary N) is 1. The molecule has 0 saturated carbocycles. The molecule has 2 heterocycles. The van der Waals surface area contributed by atoms with E-state index in [0.29, 0.717) is 5.95 Å². The third-order valence-electron chi connectivity index (χ3n) is 4.21. The number of furan rings is 1. The number of rotatable bonds is 5. The average Bonchev–Trinajstić information content (AvgIpc) is 3.22. The Morgan fingerprint density at radius 1 is 1.24 bits per heavy atom. The smallest absolute Gasteiger partial charge is 0.287 e. The van der Waals surface area contributed by atoms with E-state index in [9.17, 15) is 4.79 Å². The summed E-state index contributed by atoms with van der Waals surface area (Å²) >= 11 is 0. The van der Waals surface area contributed by atoms with E-state index < -0.39 is 0 Å². The summed E-state index contributed by atoms with van der Waals surface area (Å²) in [6, 6.07) is 11.0. The Balaban J connectivity index is 1.80. The summed E-state index contributed by atoms with van der Waals surface area (Å²) in [5, 5.41) is 7.42. The van der Waals surface area contributed by atoms with Gasteiger partial charge in [-0.3, -0.25) is 4.79 Å². The van der Waals surface area contributed by atoms with Crippen molar-refractivity contribution in [3.8, 4) is 11.6 Å². The molecule has 0 spiro atoms. The van der Waals surface area contributed by atoms with Crippen LogP contribution in [0, 0.1) is 13.8 Å². The molecule has 25 heavy (non-hydrogen) atoms. The Morgan fingerprint density at radius 2 is 2.00 bits per heavy atom. The van der Waals surface area contributed by atoms with Crippen molar-refractivity contribution >= 4 is 5.91 Å². The zero-order chi connectivity index (χ0) is 18.0. The minimum atomic E-state index is -0.293. The lowest BCUT2D eigenvalue weighted by molar-refractivity contribution is 0.0905. The molecule has 3 rings (SSSR count). The highest BCUT2D eigenvalue weighted by atomic mass is 16.6. The Hall–Kier alpha value is -3.02. The first-order valence-corrected chi connectivity index (χ1v) is 8.06. The van der Waals surface area contributed by atoms with Crippen molar-refractivity contribution in [1.29, 1.82) is 0 Å². The number of hydrogen-bond acceptors (Lipinski definition) is 4. The summed E-state index contributed by atoms with van der Waals surface area (Å²) in [5.74, 6) is 0.229. The molecule has 1 aromatic carbocycles. The number of amides is 1. The summed E-state index contributed by atoms with van der Waals surface area (Å²) in [6.45, 7) is 5.96. The van der Waals surface area contributed by atoms with Crippen LogP contribution in [0.4, 0.5) is 0 Å². The fraction of sp³-hybridized carbons (Fsp3) is 0.263. The minimum Gasteiger partial charge on any atom is -0.468 e. The van der Waals surface area contributed by atoms with Crippen LogP contribution in [0.5, 0.6) is 5.95 Å². The number of aromatic nitrogens is 2. The molecule has 1 N–H and O–H groups in total. The van der Waals surface area contributed by atoms with Gasteiger partial charge in [0.25, 0.3) is 11.9 Å². The zero-order valence-corrected chi connectivity index (χ0v) is 14.7. The number of aryl methyl sites for hydroxylation is 1. The van der Waals surface area contributed by atoms with Crippen LogP contribution in [-0.4, -0.2) is 22.8 Å². The highest BCUT2D eigenvalue weighted by molar-refractivity contribution is 5.91. The van der Waals surface area contributed by atoms with Gasteiger partial charge < -0.3 is 14.5 Å². The van der Waals surface area contributed by atoms with E-state index in [2.05, 4.69) is 10.4 Å². The van der Waals surface area contributed by atoms with Crippen LogP contribution in [0.2, 0.25) is 0 Å². The van der Waals surface area contributed by atoms with Gasteiger partial charge in [-0.15, -0.1) is 0 Å². The summed E-state index contributed by atoms with van der Waals surface area (Å²) in [4.78, 5) is 12.3. The Labute approximate surface area is 146 Å². The monoisotopic (exact) mass is 339 g/mol. The molecule has 1 atom stereocenters. The lowest BCUT2D eigenvalue weighted by Crippen LogP contribution is -2.26. The van der Waals surface area contributed by atoms with Crippen molar-refractivity contribution in [2.45, 2.75) is 26.8 Å². The predicted molar refractivity (Wildman–Crippen MR) is 94.2 cm³/mol. The molecule has 0 aliphatic rings. The van der Waals surface area contributed by atoms with Crippen molar-refractivity contribution in [3.63, 3.8) is 0 Å². The number of carbonyl (C=O) groups is 1. The normalized spacial score (nSPS) is 12.0. The van der Waals surface area contributed by atoms with Gasteiger partial charge in [0, 0.05) is 17.3 Å². The van der Waals surface area contributed by atoms with E-state index in [4.69, 9.17) is 9.15 Å². The summed E-state index contributed by atoms with van der Waals surface area (Å²) < 4.78 is 12.1. The highest BCUT2D eigenvalue weighted by Gasteiger charge is 2.19. The van der Waals surface area contributed by atoms with Crippen LogP contribution in [0.15, 0.2) is 47.0 Å². The van der Waals surface area contributed by atoms with Gasteiger partial charge in [0.1, 0.15) is 0 Å². The second kappa shape index (κ2) is 6.84. The highest BCUT2D eigenvalue weighted by Crippen LogP contribution is 2.23. The minimum absolute atomic E-state index is 0.207. The Kier molecular flexibility index (Phi) is 4.61. The van der Waals surface area contributed by atoms with Gasteiger partial charge in [0.2, 0.25) is 0 Å². The van der Waals surface area contributed by atoms with Gasteiger partial charge in [-0.1, -0.05) is 18.2 Å². The van der Waals surface area contributed by atoms with Crippen LogP contribution in [-0.2, 0) is 0 Å². The number of methoxy groups -OCH3 is 1. The molecule has 0 radical (unpaired) electrons.